The Morgan fingerprint density at radius 2 is 1.78 bits per heavy atom. The Morgan fingerprint density at radius 1 is 1.26 bits per heavy atom. The van der Waals surface area contributed by atoms with E-state index in [1.54, 1.807) is 27.9 Å². The lowest BCUT2D eigenvalue weighted by Crippen LogP contribution is -2.43. The summed E-state index contributed by atoms with van der Waals surface area (Å²) in [6.07, 6.45) is 0. The van der Waals surface area contributed by atoms with Crippen molar-refractivity contribution in [3.8, 4) is 0 Å². The van der Waals surface area contributed by atoms with E-state index in [0.29, 0.717) is 17.7 Å². The van der Waals surface area contributed by atoms with Crippen molar-refractivity contribution in [3.63, 3.8) is 0 Å². The highest BCUT2D eigenvalue weighted by atomic mass is 32.2. The molecule has 6 nitrogen and oxygen atoms in total. The second-order valence-corrected chi connectivity index (χ2v) is 7.89. The van der Waals surface area contributed by atoms with Gasteiger partial charge in [0, 0.05) is 20.2 Å². The van der Waals surface area contributed by atoms with Crippen LogP contribution in [0.2, 0.25) is 0 Å². The zero-order valence-corrected chi connectivity index (χ0v) is 15.5. The van der Waals surface area contributed by atoms with Crippen LogP contribution in [0, 0.1) is 20.8 Å². The number of aryl methyl sites for hydroxylation is 3. The van der Waals surface area contributed by atoms with Gasteiger partial charge in [-0.3, -0.25) is 4.79 Å². The first kappa shape index (κ1) is 19.6. The summed E-state index contributed by atoms with van der Waals surface area (Å²) in [6, 6.07) is 3.48. The van der Waals surface area contributed by atoms with Crippen LogP contribution in [0.3, 0.4) is 0 Å². The van der Waals surface area contributed by atoms with Crippen LogP contribution in [0.1, 0.15) is 23.6 Å². The molecule has 0 saturated carbocycles. The predicted molar refractivity (Wildman–Crippen MR) is 89.9 cm³/mol. The quantitative estimate of drug-likeness (QED) is 0.812. The lowest BCUT2D eigenvalue weighted by Gasteiger charge is -2.21. The van der Waals surface area contributed by atoms with E-state index in [1.807, 2.05) is 19.1 Å². The number of nitrogens with zero attached hydrogens (tertiary/aromatic N) is 1. The molecule has 0 radical (unpaired) electrons. The molecule has 1 atom stereocenters. The molecule has 7 heteroatoms. The summed E-state index contributed by atoms with van der Waals surface area (Å²) in [7, 11) is -0.764. The van der Waals surface area contributed by atoms with Gasteiger partial charge < -0.3 is 10.1 Å². The normalized spacial score (nSPS) is 13.2. The summed E-state index contributed by atoms with van der Waals surface area (Å²) >= 11 is 0. The number of ether oxygens (including phenoxy) is 1. The van der Waals surface area contributed by atoms with Crippen molar-refractivity contribution < 1.29 is 17.9 Å². The van der Waals surface area contributed by atoms with E-state index in [4.69, 9.17) is 4.74 Å². The maximum Gasteiger partial charge on any atom is 0.243 e. The van der Waals surface area contributed by atoms with Gasteiger partial charge in [0.15, 0.2) is 0 Å². The van der Waals surface area contributed by atoms with Crippen LogP contribution in [-0.2, 0) is 19.6 Å². The minimum atomic E-state index is -3.72. The number of hydrogen-bond acceptors (Lipinski definition) is 4. The Kier molecular flexibility index (Phi) is 6.73. The van der Waals surface area contributed by atoms with Gasteiger partial charge >= 0.3 is 0 Å². The number of hydrogen-bond donors (Lipinski definition) is 1. The van der Waals surface area contributed by atoms with Crippen LogP contribution in [-0.4, -0.2) is 52.0 Å². The molecule has 1 rings (SSSR count). The second-order valence-electron chi connectivity index (χ2n) is 5.91. The minimum Gasteiger partial charge on any atom is -0.383 e. The van der Waals surface area contributed by atoms with Crippen LogP contribution in [0.5, 0.6) is 0 Å². The first-order valence-electron chi connectivity index (χ1n) is 7.42. The number of amides is 1. The summed E-state index contributed by atoms with van der Waals surface area (Å²) < 4.78 is 31.5. The van der Waals surface area contributed by atoms with Crippen LogP contribution < -0.4 is 5.32 Å². The number of nitrogens with one attached hydrogen (secondary N) is 1. The summed E-state index contributed by atoms with van der Waals surface area (Å²) in [5, 5.41) is 2.70. The Balaban J connectivity index is 2.95. The van der Waals surface area contributed by atoms with Crippen molar-refractivity contribution in [2.75, 3.05) is 27.3 Å². The van der Waals surface area contributed by atoms with E-state index >= 15 is 0 Å². The van der Waals surface area contributed by atoms with Crippen molar-refractivity contribution in [1.29, 1.82) is 0 Å². The van der Waals surface area contributed by atoms with Crippen molar-refractivity contribution in [2.45, 2.75) is 38.6 Å². The first-order valence-corrected chi connectivity index (χ1v) is 8.86. The van der Waals surface area contributed by atoms with Crippen LogP contribution in [0.4, 0.5) is 0 Å². The maximum absolute atomic E-state index is 12.8. The summed E-state index contributed by atoms with van der Waals surface area (Å²) in [5.74, 6) is -0.358. The van der Waals surface area contributed by atoms with Gasteiger partial charge in [-0.1, -0.05) is 17.7 Å². The van der Waals surface area contributed by atoms with Gasteiger partial charge in [-0.25, -0.2) is 8.42 Å². The van der Waals surface area contributed by atoms with Crippen LogP contribution in [0.25, 0.3) is 0 Å². The fraction of sp³-hybridized carbons (Fsp3) is 0.562. The number of rotatable bonds is 7. The van der Waals surface area contributed by atoms with Gasteiger partial charge in [0.1, 0.15) is 0 Å². The molecule has 0 aromatic heterocycles. The monoisotopic (exact) mass is 342 g/mol. The number of benzene rings is 1. The Hall–Kier alpha value is -1.44. The number of likely N-dealkylation sites (N-methyl/N-ethyl adjacent to an activating group) is 1. The molecule has 0 aliphatic carbocycles. The molecule has 0 unspecified atom stereocenters. The molecule has 0 fully saturated rings. The third-order valence-electron chi connectivity index (χ3n) is 3.46. The molecule has 0 aliphatic rings. The number of methoxy groups -OCH3 is 1. The fourth-order valence-corrected chi connectivity index (χ4v) is 4.16. The number of carbonyl (C=O) groups excluding carboxylic acids is 1. The smallest absolute Gasteiger partial charge is 0.243 e. The first-order chi connectivity index (χ1) is 10.6. The molecule has 23 heavy (non-hydrogen) atoms. The molecule has 130 valence electrons. The average molecular weight is 342 g/mol. The topological polar surface area (TPSA) is 75.7 Å². The molecule has 1 aromatic rings. The van der Waals surface area contributed by atoms with Gasteiger partial charge in [-0.15, -0.1) is 0 Å². The van der Waals surface area contributed by atoms with E-state index < -0.39 is 10.0 Å². The predicted octanol–water partition coefficient (Wildman–Crippen LogP) is 1.38. The third kappa shape index (κ3) is 5.02. The molecule has 0 spiro atoms. The summed E-state index contributed by atoms with van der Waals surface area (Å²) in [5.41, 5.74) is 2.37. The van der Waals surface area contributed by atoms with Crippen molar-refractivity contribution in [1.82, 2.24) is 9.62 Å². The maximum atomic E-state index is 12.8. The molecule has 1 amide bonds. The minimum absolute atomic E-state index is 0.175. The molecule has 0 bridgehead atoms. The molecule has 0 saturated heterocycles. The Labute approximate surface area is 138 Å². The Bertz CT molecular complexity index is 648. The highest BCUT2D eigenvalue weighted by Crippen LogP contribution is 2.24. The standard InChI is InChI=1S/C16H26N2O4S/c1-11-7-12(2)16(13(3)8-11)23(20,21)18(5)9-15(19)17-14(4)10-22-6/h7-8,14H,9-10H2,1-6H3,(H,17,19)/t14-/m0/s1. The SMILES string of the molecule is COC[C@H](C)NC(=O)CN(C)S(=O)(=O)c1c(C)cc(C)cc1C. The molecule has 0 heterocycles. The summed E-state index contributed by atoms with van der Waals surface area (Å²) in [6.45, 7) is 7.39. The van der Waals surface area contributed by atoms with Gasteiger partial charge in [0.2, 0.25) is 15.9 Å². The molecular weight excluding hydrogens is 316 g/mol. The lowest BCUT2D eigenvalue weighted by atomic mass is 10.1. The average Bonchev–Trinajstić information content (AvgIpc) is 2.36. The molecule has 0 aliphatic heterocycles. The van der Waals surface area contributed by atoms with E-state index in [9.17, 15) is 13.2 Å². The highest BCUT2D eigenvalue weighted by Gasteiger charge is 2.26. The highest BCUT2D eigenvalue weighted by molar-refractivity contribution is 7.89. The van der Waals surface area contributed by atoms with Crippen LogP contribution in [0.15, 0.2) is 17.0 Å². The molecule has 1 N–H and O–H groups in total. The van der Waals surface area contributed by atoms with Gasteiger partial charge in [0.25, 0.3) is 0 Å². The fourth-order valence-electron chi connectivity index (χ4n) is 2.63. The van der Waals surface area contributed by atoms with E-state index in [1.165, 1.54) is 7.05 Å². The van der Waals surface area contributed by atoms with E-state index in [2.05, 4.69) is 5.32 Å². The number of carbonyl (C=O) groups is 1. The van der Waals surface area contributed by atoms with Gasteiger partial charge in [-0.2, -0.15) is 4.31 Å². The van der Waals surface area contributed by atoms with Crippen molar-refractivity contribution in [3.05, 3.63) is 28.8 Å². The van der Waals surface area contributed by atoms with Gasteiger partial charge in [-0.05, 0) is 38.8 Å². The lowest BCUT2D eigenvalue weighted by molar-refractivity contribution is -0.122. The number of sulfonamides is 1. The Morgan fingerprint density at radius 3 is 2.26 bits per heavy atom. The van der Waals surface area contributed by atoms with Crippen LogP contribution >= 0.6 is 0 Å². The zero-order valence-electron chi connectivity index (χ0n) is 14.6. The van der Waals surface area contributed by atoms with Crippen molar-refractivity contribution in [2.24, 2.45) is 0 Å². The van der Waals surface area contributed by atoms with Gasteiger partial charge in [0.05, 0.1) is 18.0 Å². The molecular formula is C16H26N2O4S. The summed E-state index contributed by atoms with van der Waals surface area (Å²) in [4.78, 5) is 12.2. The third-order valence-corrected chi connectivity index (χ3v) is 5.57. The van der Waals surface area contributed by atoms with Crippen molar-refractivity contribution >= 4 is 15.9 Å². The second kappa shape index (κ2) is 7.90. The van der Waals surface area contributed by atoms with E-state index in [-0.39, 0.29) is 23.4 Å². The molecule has 1 aromatic carbocycles. The zero-order chi connectivity index (χ0) is 17.8. The largest absolute Gasteiger partial charge is 0.383 e. The van der Waals surface area contributed by atoms with E-state index in [0.717, 1.165) is 9.87 Å².